The molecule has 0 aliphatic rings. The standard InChI is InChI=1S/C11H8O4S.Na.H/c12-8-16(13,14)15-11-7-3-5-9-4-1-2-6-10(9)11;;/h1-8H;;/q;+1;-1. The van der Waals surface area contributed by atoms with Gasteiger partial charge < -0.3 is 5.61 Å². The quantitative estimate of drug-likeness (QED) is 0.397. The van der Waals surface area contributed by atoms with Crippen LogP contribution in [0.4, 0.5) is 0 Å². The van der Waals surface area contributed by atoms with Crippen molar-refractivity contribution in [1.29, 1.82) is 0 Å². The number of rotatable bonds is 3. The normalized spacial score (nSPS) is 10.6. The molecule has 0 radical (unpaired) electrons. The Labute approximate surface area is 122 Å². The van der Waals surface area contributed by atoms with Gasteiger partial charge in [-0.15, -0.1) is 0 Å². The average Bonchev–Trinajstić information content (AvgIpc) is 2.29. The summed E-state index contributed by atoms with van der Waals surface area (Å²) in [5, 5.41) is 1.50. The smallest absolute Gasteiger partial charge is 1.00 e. The summed E-state index contributed by atoms with van der Waals surface area (Å²) in [6, 6.07) is 12.2. The maximum Gasteiger partial charge on any atom is 1.00 e. The third-order valence-corrected chi connectivity index (χ3v) is 2.72. The van der Waals surface area contributed by atoms with E-state index in [0.717, 1.165) is 5.39 Å². The van der Waals surface area contributed by atoms with Gasteiger partial charge >= 0.3 is 39.7 Å². The first-order chi connectivity index (χ1) is 7.62. The molecule has 0 bridgehead atoms. The second-order valence-corrected chi connectivity index (χ2v) is 4.49. The van der Waals surface area contributed by atoms with Crippen molar-refractivity contribution in [3.8, 4) is 5.75 Å². The van der Waals surface area contributed by atoms with Gasteiger partial charge in [0, 0.05) is 5.39 Å². The molecule has 2 aromatic carbocycles. The Hall–Kier alpha value is -0.880. The van der Waals surface area contributed by atoms with Crippen LogP contribution < -0.4 is 33.7 Å². The molecule has 6 heteroatoms. The van der Waals surface area contributed by atoms with Crippen LogP contribution in [-0.2, 0) is 14.9 Å². The summed E-state index contributed by atoms with van der Waals surface area (Å²) in [6.45, 7) is 0. The predicted octanol–water partition coefficient (Wildman–Crippen LogP) is -1.14. The van der Waals surface area contributed by atoms with Gasteiger partial charge in [-0.2, -0.15) is 8.42 Å². The zero-order chi connectivity index (χ0) is 11.6. The van der Waals surface area contributed by atoms with Crippen LogP contribution in [0.15, 0.2) is 42.5 Å². The molecular weight excluding hydrogens is 251 g/mol. The Kier molecular flexibility index (Phi) is 4.70. The largest absolute Gasteiger partial charge is 1.00 e. The van der Waals surface area contributed by atoms with Gasteiger partial charge in [-0.3, -0.25) is 4.79 Å². The van der Waals surface area contributed by atoms with Crippen LogP contribution in [-0.4, -0.2) is 14.0 Å². The van der Waals surface area contributed by atoms with E-state index in [1.54, 1.807) is 18.2 Å². The Bertz CT molecular complexity index is 637. The molecule has 0 spiro atoms. The molecule has 0 saturated carbocycles. The number of fused-ring (bicyclic) bond motifs is 1. The first kappa shape index (κ1) is 14.2. The van der Waals surface area contributed by atoms with E-state index in [-0.39, 0.29) is 42.4 Å². The predicted molar refractivity (Wildman–Crippen MR) is 61.4 cm³/mol. The van der Waals surface area contributed by atoms with Crippen molar-refractivity contribution in [2.45, 2.75) is 0 Å². The third-order valence-electron chi connectivity index (χ3n) is 2.07. The zero-order valence-electron chi connectivity index (χ0n) is 10.2. The SMILES string of the molecule is O=CS(=O)(=O)Oc1cccc2ccccc12.[H-].[Na+]. The molecule has 0 atom stereocenters. The van der Waals surface area contributed by atoms with E-state index in [4.69, 9.17) is 0 Å². The molecule has 0 aromatic heterocycles. The topological polar surface area (TPSA) is 60.4 Å². The van der Waals surface area contributed by atoms with Crippen molar-refractivity contribution in [3.63, 3.8) is 0 Å². The zero-order valence-corrected chi connectivity index (χ0v) is 12.0. The van der Waals surface area contributed by atoms with Gasteiger partial charge in [0.15, 0.2) is 5.75 Å². The molecular formula is C11H9NaO4S. The van der Waals surface area contributed by atoms with E-state index >= 15 is 0 Å². The second kappa shape index (κ2) is 5.64. The summed E-state index contributed by atoms with van der Waals surface area (Å²) in [5.41, 5.74) is -0.214. The number of carbonyl (C=O) groups excluding carboxylic acids is 1. The fourth-order valence-electron chi connectivity index (χ4n) is 1.41. The average molecular weight is 260 g/mol. The van der Waals surface area contributed by atoms with Gasteiger partial charge in [0.2, 0.25) is 0 Å². The second-order valence-electron chi connectivity index (χ2n) is 3.15. The monoisotopic (exact) mass is 260 g/mol. The molecule has 0 amide bonds. The van der Waals surface area contributed by atoms with Crippen LogP contribution in [0.25, 0.3) is 10.8 Å². The summed E-state index contributed by atoms with van der Waals surface area (Å²) in [4.78, 5) is 10.3. The molecule has 0 aliphatic heterocycles. The van der Waals surface area contributed by atoms with Crippen molar-refractivity contribution in [1.82, 2.24) is 0 Å². The molecule has 0 aliphatic carbocycles. The maximum atomic E-state index is 11.0. The molecule has 0 unspecified atom stereocenters. The maximum absolute atomic E-state index is 11.0. The summed E-state index contributed by atoms with van der Waals surface area (Å²) in [7, 11) is -4.14. The minimum atomic E-state index is -4.14. The van der Waals surface area contributed by atoms with Crippen LogP contribution in [0, 0.1) is 0 Å². The van der Waals surface area contributed by atoms with Crippen molar-refractivity contribution in [3.05, 3.63) is 42.5 Å². The Morgan fingerprint density at radius 3 is 2.41 bits per heavy atom. The summed E-state index contributed by atoms with van der Waals surface area (Å²) < 4.78 is 26.7. The Balaban J connectivity index is 0.00000144. The van der Waals surface area contributed by atoms with E-state index < -0.39 is 10.1 Å². The minimum Gasteiger partial charge on any atom is -1.00 e. The fraction of sp³-hybridized carbons (Fsp3) is 0. The van der Waals surface area contributed by atoms with E-state index in [1.165, 1.54) is 6.07 Å². The van der Waals surface area contributed by atoms with E-state index in [1.807, 2.05) is 18.2 Å². The molecule has 2 aromatic rings. The fourth-order valence-corrected chi connectivity index (χ4v) is 1.85. The molecule has 0 heterocycles. The summed E-state index contributed by atoms with van der Waals surface area (Å²) in [5.74, 6) is 0.158. The summed E-state index contributed by atoms with van der Waals surface area (Å²) in [6.07, 6.45) is 0. The number of benzene rings is 2. The Morgan fingerprint density at radius 2 is 1.71 bits per heavy atom. The molecule has 84 valence electrons. The molecule has 0 fully saturated rings. The molecule has 0 saturated heterocycles. The van der Waals surface area contributed by atoms with E-state index in [9.17, 15) is 13.2 Å². The van der Waals surface area contributed by atoms with Gasteiger partial charge in [0.1, 0.15) is 0 Å². The van der Waals surface area contributed by atoms with E-state index in [2.05, 4.69) is 4.18 Å². The van der Waals surface area contributed by atoms with Gasteiger partial charge in [0.05, 0.1) is 0 Å². The van der Waals surface area contributed by atoms with E-state index in [0.29, 0.717) is 5.39 Å². The molecule has 17 heavy (non-hydrogen) atoms. The van der Waals surface area contributed by atoms with Crippen molar-refractivity contribution in [2.75, 3.05) is 0 Å². The van der Waals surface area contributed by atoms with Crippen molar-refractivity contribution < 1.29 is 48.4 Å². The van der Waals surface area contributed by atoms with Crippen LogP contribution in [0.1, 0.15) is 1.43 Å². The third kappa shape index (κ3) is 3.29. The first-order valence-electron chi connectivity index (χ1n) is 4.50. The first-order valence-corrected chi connectivity index (χ1v) is 5.97. The van der Waals surface area contributed by atoms with Crippen LogP contribution in [0.2, 0.25) is 0 Å². The van der Waals surface area contributed by atoms with Crippen LogP contribution in [0.5, 0.6) is 5.75 Å². The Morgan fingerprint density at radius 1 is 1.06 bits per heavy atom. The molecule has 4 nitrogen and oxygen atoms in total. The van der Waals surface area contributed by atoms with Gasteiger partial charge in [-0.05, 0) is 11.5 Å². The van der Waals surface area contributed by atoms with Crippen molar-refractivity contribution >= 4 is 26.5 Å². The number of carbonyl (C=O) groups is 1. The van der Waals surface area contributed by atoms with Gasteiger partial charge in [-0.1, -0.05) is 36.4 Å². The van der Waals surface area contributed by atoms with Crippen molar-refractivity contribution in [2.24, 2.45) is 0 Å². The van der Waals surface area contributed by atoms with Gasteiger partial charge in [0.25, 0.3) is 5.62 Å². The minimum absolute atomic E-state index is 0. The van der Waals surface area contributed by atoms with Crippen LogP contribution >= 0.6 is 0 Å². The van der Waals surface area contributed by atoms with Crippen LogP contribution in [0.3, 0.4) is 0 Å². The number of hydrogen-bond donors (Lipinski definition) is 0. The van der Waals surface area contributed by atoms with Gasteiger partial charge in [-0.25, -0.2) is 0 Å². The number of hydrogen-bond acceptors (Lipinski definition) is 4. The summed E-state index contributed by atoms with van der Waals surface area (Å²) >= 11 is 0. The molecule has 2 rings (SSSR count). The molecule has 0 N–H and O–H groups in total.